The average molecular weight is 185 g/mol. The zero-order valence-electron chi connectivity index (χ0n) is 6.61. The zero-order valence-corrected chi connectivity index (χ0v) is 6.61. The summed E-state index contributed by atoms with van der Waals surface area (Å²) < 4.78 is 16.9. The lowest BCUT2D eigenvalue weighted by Crippen LogP contribution is -2.21. The summed E-state index contributed by atoms with van der Waals surface area (Å²) in [7, 11) is 0. The second-order valence-electron chi connectivity index (χ2n) is 2.34. The third kappa shape index (κ3) is 2.62. The van der Waals surface area contributed by atoms with Crippen LogP contribution in [0.1, 0.15) is 0 Å². The SMILES string of the molecule is Nc1ccc(OC(F)C(=O)O)cc1. The Bertz CT molecular complexity index is 299. The van der Waals surface area contributed by atoms with E-state index >= 15 is 0 Å². The van der Waals surface area contributed by atoms with Gasteiger partial charge in [0, 0.05) is 5.69 Å². The van der Waals surface area contributed by atoms with Gasteiger partial charge in [0.2, 0.25) is 0 Å². The van der Waals surface area contributed by atoms with E-state index in [2.05, 4.69) is 4.74 Å². The monoisotopic (exact) mass is 185 g/mol. The second-order valence-corrected chi connectivity index (χ2v) is 2.34. The average Bonchev–Trinajstić information content (AvgIpc) is 2.08. The van der Waals surface area contributed by atoms with Gasteiger partial charge in [0.05, 0.1) is 0 Å². The van der Waals surface area contributed by atoms with Crippen molar-refractivity contribution < 1.29 is 19.0 Å². The van der Waals surface area contributed by atoms with Crippen molar-refractivity contribution in [3.05, 3.63) is 24.3 Å². The molecule has 1 atom stereocenters. The van der Waals surface area contributed by atoms with Crippen LogP contribution in [0.3, 0.4) is 0 Å². The lowest BCUT2D eigenvalue weighted by Gasteiger charge is -2.06. The molecule has 70 valence electrons. The van der Waals surface area contributed by atoms with Gasteiger partial charge in [-0.2, -0.15) is 4.39 Å². The van der Waals surface area contributed by atoms with E-state index in [0.29, 0.717) is 5.69 Å². The smallest absolute Gasteiger partial charge is 0.378 e. The first kappa shape index (κ1) is 9.31. The molecule has 1 aromatic rings. The fourth-order valence-electron chi connectivity index (χ4n) is 0.716. The summed E-state index contributed by atoms with van der Waals surface area (Å²) in [5.41, 5.74) is 5.85. The predicted octanol–water partition coefficient (Wildman–Crippen LogP) is 1.03. The molecule has 0 aliphatic carbocycles. The first-order chi connectivity index (χ1) is 6.09. The van der Waals surface area contributed by atoms with Crippen LogP contribution in [0.2, 0.25) is 0 Å². The van der Waals surface area contributed by atoms with E-state index in [1.54, 1.807) is 0 Å². The third-order valence-corrected chi connectivity index (χ3v) is 1.31. The van der Waals surface area contributed by atoms with Gasteiger partial charge in [-0.1, -0.05) is 0 Å². The highest BCUT2D eigenvalue weighted by Crippen LogP contribution is 2.15. The van der Waals surface area contributed by atoms with Gasteiger partial charge in [-0.15, -0.1) is 0 Å². The van der Waals surface area contributed by atoms with Crippen molar-refractivity contribution in [1.82, 2.24) is 0 Å². The number of nitrogens with two attached hydrogens (primary N) is 1. The predicted molar refractivity (Wildman–Crippen MR) is 44.0 cm³/mol. The summed E-state index contributed by atoms with van der Waals surface area (Å²) in [5, 5.41) is 8.17. The van der Waals surface area contributed by atoms with Gasteiger partial charge in [-0.05, 0) is 24.3 Å². The number of nitrogen functional groups attached to an aromatic ring is 1. The van der Waals surface area contributed by atoms with Gasteiger partial charge in [0.15, 0.2) is 0 Å². The molecular weight excluding hydrogens is 177 g/mol. The number of halogens is 1. The highest BCUT2D eigenvalue weighted by molar-refractivity contribution is 5.70. The van der Waals surface area contributed by atoms with Gasteiger partial charge < -0.3 is 15.6 Å². The van der Waals surface area contributed by atoms with E-state index < -0.39 is 12.3 Å². The first-order valence-electron chi connectivity index (χ1n) is 3.48. The number of carboxylic acids is 1. The summed E-state index contributed by atoms with van der Waals surface area (Å²) in [6.45, 7) is 0. The standard InChI is InChI=1S/C8H8FNO3/c9-7(8(11)12)13-6-3-1-5(10)2-4-6/h1-4,7H,10H2,(H,11,12). The lowest BCUT2D eigenvalue weighted by molar-refractivity contribution is -0.153. The number of ether oxygens (including phenoxy) is 1. The second kappa shape index (κ2) is 3.75. The van der Waals surface area contributed by atoms with Crippen LogP contribution >= 0.6 is 0 Å². The third-order valence-electron chi connectivity index (χ3n) is 1.31. The van der Waals surface area contributed by atoms with Crippen LogP contribution in [0.25, 0.3) is 0 Å². The van der Waals surface area contributed by atoms with Gasteiger partial charge in [0.25, 0.3) is 0 Å². The number of hydrogen-bond acceptors (Lipinski definition) is 3. The lowest BCUT2D eigenvalue weighted by atomic mass is 10.3. The number of carbonyl (C=O) groups is 1. The van der Waals surface area contributed by atoms with Gasteiger partial charge in [-0.25, -0.2) is 4.79 Å². The molecule has 1 unspecified atom stereocenters. The molecule has 13 heavy (non-hydrogen) atoms. The van der Waals surface area contributed by atoms with E-state index in [0.717, 1.165) is 0 Å². The van der Waals surface area contributed by atoms with Crippen LogP contribution in [0.4, 0.5) is 10.1 Å². The molecule has 0 saturated heterocycles. The Hall–Kier alpha value is -1.78. The molecule has 3 N–H and O–H groups in total. The number of alkyl halides is 1. The van der Waals surface area contributed by atoms with E-state index in [9.17, 15) is 9.18 Å². The van der Waals surface area contributed by atoms with Gasteiger partial charge in [0.1, 0.15) is 5.75 Å². The molecule has 0 bridgehead atoms. The minimum Gasteiger partial charge on any atom is -0.476 e. The molecule has 0 aromatic heterocycles. The maximum absolute atomic E-state index is 12.5. The Morgan fingerprint density at radius 1 is 1.46 bits per heavy atom. The quantitative estimate of drug-likeness (QED) is 0.690. The van der Waals surface area contributed by atoms with E-state index in [1.165, 1.54) is 24.3 Å². The van der Waals surface area contributed by atoms with Crippen LogP contribution < -0.4 is 10.5 Å². The topological polar surface area (TPSA) is 72.5 Å². The molecule has 0 aliphatic heterocycles. The van der Waals surface area contributed by atoms with E-state index in [1.807, 2.05) is 0 Å². The number of carboxylic acid groups (broad SMARTS) is 1. The molecule has 0 spiro atoms. The molecule has 0 saturated carbocycles. The summed E-state index contributed by atoms with van der Waals surface area (Å²) in [6, 6.07) is 5.77. The van der Waals surface area contributed by atoms with Crippen molar-refractivity contribution in [3.8, 4) is 5.75 Å². The number of hydrogen-bond donors (Lipinski definition) is 2. The van der Waals surface area contributed by atoms with Gasteiger partial charge in [-0.3, -0.25) is 0 Å². The number of anilines is 1. The zero-order chi connectivity index (χ0) is 9.84. The summed E-state index contributed by atoms with van der Waals surface area (Å²) >= 11 is 0. The van der Waals surface area contributed by atoms with Crippen molar-refractivity contribution in [2.75, 3.05) is 5.73 Å². The number of benzene rings is 1. The molecule has 0 radical (unpaired) electrons. The van der Waals surface area contributed by atoms with Crippen LogP contribution in [0, 0.1) is 0 Å². The minimum absolute atomic E-state index is 0.129. The number of rotatable bonds is 3. The maximum Gasteiger partial charge on any atom is 0.378 e. The van der Waals surface area contributed by atoms with Crippen LogP contribution in [0.15, 0.2) is 24.3 Å². The van der Waals surface area contributed by atoms with Crippen molar-refractivity contribution in [3.63, 3.8) is 0 Å². The van der Waals surface area contributed by atoms with E-state index in [-0.39, 0.29) is 5.75 Å². The Morgan fingerprint density at radius 3 is 2.46 bits per heavy atom. The summed E-state index contributed by atoms with van der Waals surface area (Å²) in [4.78, 5) is 10.0. The highest BCUT2D eigenvalue weighted by atomic mass is 19.1. The maximum atomic E-state index is 12.5. The van der Waals surface area contributed by atoms with Crippen LogP contribution in [-0.2, 0) is 4.79 Å². The largest absolute Gasteiger partial charge is 0.476 e. The highest BCUT2D eigenvalue weighted by Gasteiger charge is 2.16. The van der Waals surface area contributed by atoms with Crippen LogP contribution in [-0.4, -0.2) is 17.4 Å². The fraction of sp³-hybridized carbons (Fsp3) is 0.125. The molecule has 0 amide bonds. The fourth-order valence-corrected chi connectivity index (χ4v) is 0.716. The molecule has 4 nitrogen and oxygen atoms in total. The Labute approximate surface area is 73.7 Å². The molecule has 0 fully saturated rings. The molecule has 1 rings (SSSR count). The van der Waals surface area contributed by atoms with Crippen molar-refractivity contribution in [1.29, 1.82) is 0 Å². The Morgan fingerprint density at radius 2 is 2.00 bits per heavy atom. The Kier molecular flexibility index (Phi) is 2.69. The molecule has 1 aromatic carbocycles. The first-order valence-corrected chi connectivity index (χ1v) is 3.48. The molecule has 0 aliphatic rings. The van der Waals surface area contributed by atoms with Gasteiger partial charge >= 0.3 is 12.3 Å². The van der Waals surface area contributed by atoms with Crippen molar-refractivity contribution >= 4 is 11.7 Å². The normalized spacial score (nSPS) is 12.1. The summed E-state index contributed by atoms with van der Waals surface area (Å²) in [5.74, 6) is -1.53. The van der Waals surface area contributed by atoms with Crippen molar-refractivity contribution in [2.45, 2.75) is 6.36 Å². The summed E-state index contributed by atoms with van der Waals surface area (Å²) in [6.07, 6.45) is -2.34. The Balaban J connectivity index is 2.64. The minimum atomic E-state index is -2.34. The molecule has 5 heteroatoms. The number of aliphatic carboxylic acids is 1. The molecular formula is C8H8FNO3. The van der Waals surface area contributed by atoms with E-state index in [4.69, 9.17) is 10.8 Å². The van der Waals surface area contributed by atoms with Crippen molar-refractivity contribution in [2.24, 2.45) is 0 Å². The van der Waals surface area contributed by atoms with Crippen LogP contribution in [0.5, 0.6) is 5.75 Å². The molecule has 0 heterocycles.